The summed E-state index contributed by atoms with van der Waals surface area (Å²) in [6.45, 7) is -0.346. The molecule has 2 amide bonds. The van der Waals surface area contributed by atoms with Crippen LogP contribution in [0.2, 0.25) is 5.02 Å². The molecule has 1 atom stereocenters. The molecule has 3 rings (SSSR count). The fourth-order valence-electron chi connectivity index (χ4n) is 3.67. The third-order valence-corrected chi connectivity index (χ3v) is 5.60. The van der Waals surface area contributed by atoms with Gasteiger partial charge in [-0.05, 0) is 54.3 Å². The summed E-state index contributed by atoms with van der Waals surface area (Å²) in [6.07, 6.45) is -4.12. The van der Waals surface area contributed by atoms with Crippen molar-refractivity contribution in [2.45, 2.75) is 31.9 Å². The molecule has 0 spiro atoms. The highest BCUT2D eigenvalue weighted by Crippen LogP contribution is 2.30. The lowest BCUT2D eigenvalue weighted by molar-refractivity contribution is -0.148. The minimum Gasteiger partial charge on any atom is -0.496 e. The van der Waals surface area contributed by atoms with E-state index in [2.05, 4.69) is 0 Å². The average molecular weight is 468 g/mol. The summed E-state index contributed by atoms with van der Waals surface area (Å²) in [7, 11) is 1.49. The number of halogens is 4. The van der Waals surface area contributed by atoms with E-state index in [0.717, 1.165) is 17.0 Å². The first-order valence-corrected chi connectivity index (χ1v) is 10.3. The molecule has 1 aliphatic rings. The second-order valence-corrected chi connectivity index (χ2v) is 8.06. The summed E-state index contributed by atoms with van der Waals surface area (Å²) >= 11 is 6.06. The van der Waals surface area contributed by atoms with E-state index in [4.69, 9.17) is 16.3 Å². The highest BCUT2D eigenvalue weighted by atomic mass is 35.5. The standard InChI is InChI=1S/C23H21ClF3NO4/c1-32-20-9-7-18(24)12-16(20)11-15-4-8-19(29)13-28(22(15)31)21(30)10-14-2-5-17(6-3-14)23(25,26)27/h2-3,5-7,9,12,15H,4,8,10-11,13H2,1H3. The molecule has 170 valence electrons. The number of benzene rings is 2. The second-order valence-electron chi connectivity index (χ2n) is 7.62. The van der Waals surface area contributed by atoms with Gasteiger partial charge in [0.15, 0.2) is 5.78 Å². The van der Waals surface area contributed by atoms with Crippen molar-refractivity contribution in [3.8, 4) is 5.75 Å². The number of rotatable bonds is 5. The number of alkyl halides is 3. The largest absolute Gasteiger partial charge is 0.496 e. The summed E-state index contributed by atoms with van der Waals surface area (Å²) in [6, 6.07) is 9.16. The number of imide groups is 1. The first kappa shape index (κ1) is 23.8. The normalized spacial score (nSPS) is 17.3. The zero-order valence-electron chi connectivity index (χ0n) is 17.2. The minimum absolute atomic E-state index is 0.142. The van der Waals surface area contributed by atoms with Crippen LogP contribution in [0.1, 0.15) is 29.5 Å². The lowest BCUT2D eigenvalue weighted by Crippen LogP contribution is -2.42. The van der Waals surface area contributed by atoms with Crippen LogP contribution in [0.25, 0.3) is 0 Å². The van der Waals surface area contributed by atoms with E-state index in [9.17, 15) is 27.6 Å². The molecule has 1 saturated heterocycles. The highest BCUT2D eigenvalue weighted by Gasteiger charge is 2.34. The molecular weight excluding hydrogens is 447 g/mol. The Hall–Kier alpha value is -2.87. The van der Waals surface area contributed by atoms with Gasteiger partial charge in [0.1, 0.15) is 5.75 Å². The summed E-state index contributed by atoms with van der Waals surface area (Å²) in [5, 5.41) is 0.466. The first-order valence-electron chi connectivity index (χ1n) is 9.93. The summed E-state index contributed by atoms with van der Waals surface area (Å²) in [5.74, 6) is -1.46. The molecule has 1 heterocycles. The van der Waals surface area contributed by atoms with Crippen molar-refractivity contribution in [3.05, 3.63) is 64.2 Å². The van der Waals surface area contributed by atoms with Gasteiger partial charge in [0.05, 0.1) is 25.6 Å². The molecule has 0 radical (unpaired) electrons. The van der Waals surface area contributed by atoms with Crippen molar-refractivity contribution in [3.63, 3.8) is 0 Å². The van der Waals surface area contributed by atoms with Crippen molar-refractivity contribution in [2.24, 2.45) is 5.92 Å². The van der Waals surface area contributed by atoms with Crippen molar-refractivity contribution >= 4 is 29.2 Å². The Morgan fingerprint density at radius 3 is 2.47 bits per heavy atom. The number of hydrogen-bond donors (Lipinski definition) is 0. The molecule has 9 heteroatoms. The molecule has 0 saturated carbocycles. The Balaban J connectivity index is 1.78. The number of nitrogens with zero attached hydrogens (tertiary/aromatic N) is 1. The van der Waals surface area contributed by atoms with Gasteiger partial charge < -0.3 is 4.74 Å². The van der Waals surface area contributed by atoms with Gasteiger partial charge in [-0.15, -0.1) is 0 Å². The predicted octanol–water partition coefficient (Wildman–Crippen LogP) is 4.49. The van der Waals surface area contributed by atoms with Crippen LogP contribution in [-0.4, -0.2) is 36.2 Å². The van der Waals surface area contributed by atoms with E-state index >= 15 is 0 Å². The van der Waals surface area contributed by atoms with Crippen LogP contribution in [-0.2, 0) is 33.4 Å². The monoisotopic (exact) mass is 467 g/mol. The van der Waals surface area contributed by atoms with Gasteiger partial charge in [-0.25, -0.2) is 0 Å². The van der Waals surface area contributed by atoms with Crippen LogP contribution < -0.4 is 4.74 Å². The molecule has 1 fully saturated rings. The van der Waals surface area contributed by atoms with E-state index in [-0.39, 0.29) is 38.0 Å². The van der Waals surface area contributed by atoms with Crippen molar-refractivity contribution in [1.29, 1.82) is 0 Å². The number of likely N-dealkylation sites (tertiary alicyclic amines) is 1. The third-order valence-electron chi connectivity index (χ3n) is 5.37. The number of Topliss-reactive ketones (excluding diaryl/α,β-unsaturated/α-hetero) is 1. The molecule has 0 aromatic heterocycles. The molecule has 0 aliphatic carbocycles. The maximum atomic E-state index is 13.1. The SMILES string of the molecule is COc1ccc(Cl)cc1CC1CCC(=O)CN(C(=O)Cc2ccc(C(F)(F)F)cc2)C1=O. The van der Waals surface area contributed by atoms with E-state index in [1.54, 1.807) is 18.2 Å². The highest BCUT2D eigenvalue weighted by molar-refractivity contribution is 6.30. The first-order chi connectivity index (χ1) is 15.1. The molecule has 2 aromatic carbocycles. The lowest BCUT2D eigenvalue weighted by Gasteiger charge is -2.23. The predicted molar refractivity (Wildman–Crippen MR) is 111 cm³/mol. The third kappa shape index (κ3) is 5.68. The number of amides is 2. The Morgan fingerprint density at radius 1 is 1.16 bits per heavy atom. The van der Waals surface area contributed by atoms with E-state index in [0.29, 0.717) is 21.9 Å². The van der Waals surface area contributed by atoms with Gasteiger partial charge >= 0.3 is 6.18 Å². The maximum Gasteiger partial charge on any atom is 0.416 e. The Labute approximate surface area is 188 Å². The summed E-state index contributed by atoms with van der Waals surface area (Å²) in [4.78, 5) is 39.1. The molecule has 32 heavy (non-hydrogen) atoms. The fraction of sp³-hybridized carbons (Fsp3) is 0.348. The molecule has 2 aromatic rings. The van der Waals surface area contributed by atoms with E-state index < -0.39 is 29.5 Å². The zero-order valence-corrected chi connectivity index (χ0v) is 18.0. The van der Waals surface area contributed by atoms with Gasteiger partial charge in [0.2, 0.25) is 11.8 Å². The van der Waals surface area contributed by atoms with Crippen LogP contribution in [0, 0.1) is 5.92 Å². The molecular formula is C23H21ClF3NO4. The average Bonchev–Trinajstić information content (AvgIpc) is 2.87. The van der Waals surface area contributed by atoms with Gasteiger partial charge in [0, 0.05) is 17.4 Å². The molecule has 5 nitrogen and oxygen atoms in total. The van der Waals surface area contributed by atoms with Crippen LogP contribution in [0.3, 0.4) is 0 Å². The number of carbonyl (C=O) groups excluding carboxylic acids is 3. The van der Waals surface area contributed by atoms with E-state index in [1.807, 2.05) is 0 Å². The Bertz CT molecular complexity index is 1020. The number of ketones is 1. The molecule has 0 N–H and O–H groups in total. The number of methoxy groups -OCH3 is 1. The fourth-order valence-corrected chi connectivity index (χ4v) is 3.86. The molecule has 0 bridgehead atoms. The molecule has 1 unspecified atom stereocenters. The van der Waals surface area contributed by atoms with Crippen LogP contribution in [0.15, 0.2) is 42.5 Å². The number of carbonyl (C=O) groups is 3. The zero-order chi connectivity index (χ0) is 23.5. The minimum atomic E-state index is -4.48. The summed E-state index contributed by atoms with van der Waals surface area (Å²) in [5.41, 5.74) is 0.175. The van der Waals surface area contributed by atoms with Crippen molar-refractivity contribution in [2.75, 3.05) is 13.7 Å². The van der Waals surface area contributed by atoms with E-state index in [1.165, 1.54) is 19.2 Å². The van der Waals surface area contributed by atoms with Gasteiger partial charge in [-0.1, -0.05) is 23.7 Å². The lowest BCUT2D eigenvalue weighted by atomic mass is 9.93. The number of ether oxygens (including phenoxy) is 1. The number of hydrogen-bond acceptors (Lipinski definition) is 4. The van der Waals surface area contributed by atoms with Crippen LogP contribution in [0.4, 0.5) is 13.2 Å². The Morgan fingerprint density at radius 2 is 1.84 bits per heavy atom. The maximum absolute atomic E-state index is 13.1. The molecule has 1 aliphatic heterocycles. The van der Waals surface area contributed by atoms with Gasteiger partial charge in [-0.3, -0.25) is 19.3 Å². The van der Waals surface area contributed by atoms with Crippen LogP contribution >= 0.6 is 11.6 Å². The topological polar surface area (TPSA) is 63.7 Å². The quantitative estimate of drug-likeness (QED) is 0.650. The second kappa shape index (κ2) is 9.73. The van der Waals surface area contributed by atoms with Crippen molar-refractivity contribution in [1.82, 2.24) is 4.90 Å². The van der Waals surface area contributed by atoms with Crippen LogP contribution in [0.5, 0.6) is 5.75 Å². The van der Waals surface area contributed by atoms with Crippen molar-refractivity contribution < 1.29 is 32.3 Å². The van der Waals surface area contributed by atoms with Gasteiger partial charge in [-0.2, -0.15) is 13.2 Å². The smallest absolute Gasteiger partial charge is 0.416 e. The van der Waals surface area contributed by atoms with Gasteiger partial charge in [0.25, 0.3) is 0 Å². The Kier molecular flexibility index (Phi) is 7.23. The summed E-state index contributed by atoms with van der Waals surface area (Å²) < 4.78 is 43.5.